The number of hydrogen-bond acceptors (Lipinski definition) is 7. The van der Waals surface area contributed by atoms with E-state index in [2.05, 4.69) is 15.1 Å². The molecule has 0 bridgehead atoms. The van der Waals surface area contributed by atoms with Gasteiger partial charge >= 0.3 is 0 Å². The average molecular weight is 398 g/mol. The van der Waals surface area contributed by atoms with Gasteiger partial charge in [-0.3, -0.25) is 4.79 Å². The molecule has 8 nitrogen and oxygen atoms in total. The zero-order valence-electron chi connectivity index (χ0n) is 15.3. The summed E-state index contributed by atoms with van der Waals surface area (Å²) in [6.45, 7) is 7.99. The molecule has 1 saturated heterocycles. The van der Waals surface area contributed by atoms with Gasteiger partial charge in [0.25, 0.3) is 5.78 Å². The van der Waals surface area contributed by atoms with E-state index in [-0.39, 0.29) is 23.5 Å². The molecule has 142 valence electrons. The summed E-state index contributed by atoms with van der Waals surface area (Å²) < 4.78 is 25.1. The van der Waals surface area contributed by atoms with Crippen LogP contribution in [0.2, 0.25) is 0 Å². The fraction of sp³-hybridized carbons (Fsp3) is 0.625. The lowest BCUT2D eigenvalue weighted by Crippen LogP contribution is -2.44. The summed E-state index contributed by atoms with van der Waals surface area (Å²) >= 11 is 1.27. The van der Waals surface area contributed by atoms with Crippen LogP contribution in [-0.2, 0) is 14.6 Å². The largest absolute Gasteiger partial charge is 0.338 e. The van der Waals surface area contributed by atoms with Crippen LogP contribution in [0.15, 0.2) is 11.2 Å². The van der Waals surface area contributed by atoms with E-state index in [9.17, 15) is 13.2 Å². The van der Waals surface area contributed by atoms with Gasteiger partial charge in [0.05, 0.1) is 16.8 Å². The predicted octanol–water partition coefficient (Wildman–Crippen LogP) is 1.26. The van der Waals surface area contributed by atoms with E-state index in [0.717, 1.165) is 11.4 Å². The Hall–Kier alpha value is -1.68. The second-order valence-corrected chi connectivity index (χ2v) is 10.1. The van der Waals surface area contributed by atoms with Gasteiger partial charge in [-0.25, -0.2) is 17.9 Å². The van der Waals surface area contributed by atoms with Gasteiger partial charge in [0.2, 0.25) is 11.1 Å². The van der Waals surface area contributed by atoms with Crippen molar-refractivity contribution in [2.24, 2.45) is 0 Å². The summed E-state index contributed by atoms with van der Waals surface area (Å²) in [7, 11) is -3.03. The highest BCUT2D eigenvalue weighted by Crippen LogP contribution is 2.25. The highest BCUT2D eigenvalue weighted by Gasteiger charge is 2.35. The van der Waals surface area contributed by atoms with Crippen molar-refractivity contribution in [2.45, 2.75) is 50.6 Å². The SMILES string of the molecule is CCN(C(=O)[C@@H](C)Sc1nc2nc(C)cc(C)n2n1)[C@@H]1CCS(=O)(=O)C1. The molecule has 1 aliphatic rings. The molecule has 0 saturated carbocycles. The maximum absolute atomic E-state index is 12.8. The minimum Gasteiger partial charge on any atom is -0.338 e. The van der Waals surface area contributed by atoms with Crippen LogP contribution in [0.25, 0.3) is 5.78 Å². The quantitative estimate of drug-likeness (QED) is 0.701. The Labute approximate surface area is 157 Å². The van der Waals surface area contributed by atoms with E-state index >= 15 is 0 Å². The standard InChI is InChI=1S/C16H23N5O3S2/c1-5-20(13-6-7-26(23,24)9-13)14(22)12(4)25-16-18-15-17-10(2)8-11(3)21(15)19-16/h8,12-13H,5-7,9H2,1-4H3/t12-,13-/m1/s1. The van der Waals surface area contributed by atoms with Crippen LogP contribution in [0.1, 0.15) is 31.7 Å². The zero-order chi connectivity index (χ0) is 19.1. The van der Waals surface area contributed by atoms with E-state index in [1.54, 1.807) is 16.3 Å². The number of amides is 1. The van der Waals surface area contributed by atoms with Crippen LogP contribution >= 0.6 is 11.8 Å². The number of thioether (sulfide) groups is 1. The minimum absolute atomic E-state index is 0.0545. The first-order valence-electron chi connectivity index (χ1n) is 8.58. The van der Waals surface area contributed by atoms with Crippen molar-refractivity contribution in [3.8, 4) is 0 Å². The fourth-order valence-electron chi connectivity index (χ4n) is 3.26. The first-order chi connectivity index (χ1) is 12.2. The predicted molar refractivity (Wildman–Crippen MR) is 100 cm³/mol. The van der Waals surface area contributed by atoms with Gasteiger partial charge in [-0.1, -0.05) is 11.8 Å². The number of nitrogens with zero attached hydrogens (tertiary/aromatic N) is 5. The van der Waals surface area contributed by atoms with Gasteiger partial charge in [-0.05, 0) is 40.2 Å². The number of rotatable bonds is 5. The van der Waals surface area contributed by atoms with Crippen molar-refractivity contribution < 1.29 is 13.2 Å². The number of carbonyl (C=O) groups is 1. The van der Waals surface area contributed by atoms with Crippen LogP contribution in [0, 0.1) is 13.8 Å². The molecule has 2 aromatic rings. The van der Waals surface area contributed by atoms with E-state index in [0.29, 0.717) is 23.9 Å². The highest BCUT2D eigenvalue weighted by molar-refractivity contribution is 8.00. The Kier molecular flexibility index (Phi) is 5.25. The van der Waals surface area contributed by atoms with E-state index in [4.69, 9.17) is 0 Å². The summed E-state index contributed by atoms with van der Waals surface area (Å²) in [4.78, 5) is 23.3. The normalized spacial score (nSPS) is 20.4. The van der Waals surface area contributed by atoms with Crippen molar-refractivity contribution in [3.63, 3.8) is 0 Å². The molecule has 3 heterocycles. The molecule has 0 radical (unpaired) electrons. The molecule has 10 heteroatoms. The van der Waals surface area contributed by atoms with Crippen LogP contribution in [0.4, 0.5) is 0 Å². The van der Waals surface area contributed by atoms with Crippen LogP contribution in [-0.4, -0.2) is 68.1 Å². The third-order valence-electron chi connectivity index (χ3n) is 4.50. The fourth-order valence-corrected chi connectivity index (χ4v) is 5.80. The van der Waals surface area contributed by atoms with Gasteiger partial charge in [0.1, 0.15) is 0 Å². The molecule has 2 aromatic heterocycles. The Morgan fingerprint density at radius 2 is 2.15 bits per heavy atom. The first-order valence-corrected chi connectivity index (χ1v) is 11.3. The molecule has 1 fully saturated rings. The number of fused-ring (bicyclic) bond motifs is 1. The Morgan fingerprint density at radius 3 is 2.77 bits per heavy atom. The van der Waals surface area contributed by atoms with E-state index in [1.165, 1.54) is 11.8 Å². The maximum Gasteiger partial charge on any atom is 0.253 e. The van der Waals surface area contributed by atoms with Crippen molar-refractivity contribution in [1.29, 1.82) is 0 Å². The lowest BCUT2D eigenvalue weighted by molar-refractivity contribution is -0.131. The van der Waals surface area contributed by atoms with Crippen molar-refractivity contribution in [1.82, 2.24) is 24.5 Å². The molecule has 0 unspecified atom stereocenters. The second-order valence-electron chi connectivity index (χ2n) is 6.59. The molecular weight excluding hydrogens is 374 g/mol. The number of aromatic nitrogens is 4. The van der Waals surface area contributed by atoms with Gasteiger partial charge in [0.15, 0.2) is 9.84 Å². The molecular formula is C16H23N5O3S2. The third-order valence-corrected chi connectivity index (χ3v) is 7.19. The Morgan fingerprint density at radius 1 is 1.42 bits per heavy atom. The maximum atomic E-state index is 12.8. The molecule has 2 atom stereocenters. The van der Waals surface area contributed by atoms with Crippen molar-refractivity contribution >= 4 is 33.3 Å². The molecule has 0 aromatic carbocycles. The van der Waals surface area contributed by atoms with Crippen LogP contribution < -0.4 is 0 Å². The lowest BCUT2D eigenvalue weighted by atomic mass is 10.2. The van der Waals surface area contributed by atoms with Gasteiger partial charge in [0, 0.05) is 24.0 Å². The monoisotopic (exact) mass is 397 g/mol. The minimum atomic E-state index is -3.03. The summed E-state index contributed by atoms with van der Waals surface area (Å²) in [6.07, 6.45) is 0.508. The molecule has 1 aliphatic heterocycles. The summed E-state index contributed by atoms with van der Waals surface area (Å²) in [5.41, 5.74) is 1.79. The van der Waals surface area contributed by atoms with Crippen molar-refractivity contribution in [2.75, 3.05) is 18.1 Å². The molecule has 0 spiro atoms. The molecule has 1 amide bonds. The third kappa shape index (κ3) is 3.85. The van der Waals surface area contributed by atoms with Crippen LogP contribution in [0.5, 0.6) is 0 Å². The van der Waals surface area contributed by atoms with E-state index in [1.807, 2.05) is 26.8 Å². The van der Waals surface area contributed by atoms with Crippen LogP contribution in [0.3, 0.4) is 0 Å². The Balaban J connectivity index is 1.75. The molecule has 26 heavy (non-hydrogen) atoms. The molecule has 0 N–H and O–H groups in total. The summed E-state index contributed by atoms with van der Waals surface area (Å²) in [5, 5.41) is 4.50. The number of carbonyl (C=O) groups excluding carboxylic acids is 1. The Bertz CT molecular complexity index is 941. The van der Waals surface area contributed by atoms with Gasteiger partial charge in [-0.2, -0.15) is 4.98 Å². The number of aryl methyl sites for hydroxylation is 2. The van der Waals surface area contributed by atoms with Gasteiger partial charge in [-0.15, -0.1) is 5.10 Å². The summed E-state index contributed by atoms with van der Waals surface area (Å²) in [5.74, 6) is 0.637. The molecule has 0 aliphatic carbocycles. The van der Waals surface area contributed by atoms with Gasteiger partial charge < -0.3 is 4.90 Å². The highest BCUT2D eigenvalue weighted by atomic mass is 32.2. The average Bonchev–Trinajstić information content (AvgIpc) is 3.10. The van der Waals surface area contributed by atoms with E-state index < -0.39 is 15.1 Å². The smallest absolute Gasteiger partial charge is 0.253 e. The number of sulfone groups is 1. The zero-order valence-corrected chi connectivity index (χ0v) is 17.0. The first kappa shape index (κ1) is 19.1. The molecule has 3 rings (SSSR count). The number of hydrogen-bond donors (Lipinski definition) is 0. The lowest BCUT2D eigenvalue weighted by Gasteiger charge is -2.29. The summed E-state index contributed by atoms with van der Waals surface area (Å²) in [6, 6.07) is 1.69. The van der Waals surface area contributed by atoms with Crippen molar-refractivity contribution in [3.05, 3.63) is 17.5 Å². The second kappa shape index (κ2) is 7.15. The topological polar surface area (TPSA) is 97.5 Å².